The van der Waals surface area contributed by atoms with Gasteiger partial charge in [0, 0.05) is 72.3 Å². The molecule has 10 N–H and O–H groups in total. The van der Waals surface area contributed by atoms with Gasteiger partial charge < -0.3 is 84.0 Å². The number of nitrogens with one attached hydrogen (secondary N) is 1. The van der Waals surface area contributed by atoms with Gasteiger partial charge in [-0.15, -0.1) is 0 Å². The van der Waals surface area contributed by atoms with Gasteiger partial charge in [0.15, 0.2) is 71.0 Å². The van der Waals surface area contributed by atoms with E-state index in [4.69, 9.17) is 77.8 Å². The summed E-state index contributed by atoms with van der Waals surface area (Å²) in [6, 6.07) is 9.29. The molecule has 11 heterocycles. The van der Waals surface area contributed by atoms with Gasteiger partial charge in [-0.05, 0) is 115 Å². The molecule has 0 aliphatic heterocycles. The minimum absolute atomic E-state index is 0. The summed E-state index contributed by atoms with van der Waals surface area (Å²) in [5, 5.41) is 29.7. The Labute approximate surface area is 712 Å². The first-order valence-corrected chi connectivity index (χ1v) is 32.7. The van der Waals surface area contributed by atoms with E-state index in [1.807, 2.05) is 52.0 Å². The number of anilines is 3. The van der Waals surface area contributed by atoms with Crippen molar-refractivity contribution in [2.45, 2.75) is 123 Å². The van der Waals surface area contributed by atoms with Crippen molar-refractivity contribution in [2.24, 2.45) is 5.73 Å². The molecule has 604 valence electrons. The van der Waals surface area contributed by atoms with E-state index in [9.17, 15) is 43.5 Å². The molecule has 0 fully saturated rings. The number of ether oxygens (including phenoxy) is 3. The number of aromatic carboxylic acids is 2. The average molecular weight is 1850 g/mol. The molecule has 0 aliphatic carbocycles. The number of nitrogen functional groups attached to an aromatic ring is 3. The van der Waals surface area contributed by atoms with E-state index in [1.165, 1.54) is 58.8 Å². The monoisotopic (exact) mass is 1850 g/mol. The van der Waals surface area contributed by atoms with Crippen LogP contribution in [0.3, 0.4) is 0 Å². The molecule has 0 atom stereocenters. The summed E-state index contributed by atoms with van der Waals surface area (Å²) in [6.45, 7) is 26.6. The van der Waals surface area contributed by atoms with Gasteiger partial charge in [-0.3, -0.25) is 29.2 Å². The maximum absolute atomic E-state index is 12.4. The number of nitrogens with two attached hydrogens (primary N) is 4. The Morgan fingerprint density at radius 1 is 0.591 bits per heavy atom. The minimum Gasteiger partial charge on any atom is -0.543 e. The molecule has 0 saturated heterocycles. The summed E-state index contributed by atoms with van der Waals surface area (Å²) >= 11 is 5.66. The van der Waals surface area contributed by atoms with Gasteiger partial charge in [-0.2, -0.15) is 10.1 Å². The molecule has 2 radical (unpaired) electrons. The van der Waals surface area contributed by atoms with Crippen LogP contribution in [0.25, 0.3) is 23.2 Å². The molecule has 0 aromatic carbocycles. The van der Waals surface area contributed by atoms with E-state index in [-0.39, 0.29) is 143 Å². The molecule has 11 rings (SSSR count). The quantitative estimate of drug-likeness (QED) is 0.0224. The number of halogens is 1. The second kappa shape index (κ2) is 56.2. The van der Waals surface area contributed by atoms with Crippen LogP contribution in [0.4, 0.5) is 17.5 Å². The number of hydrogen-bond acceptors (Lipinski definition) is 39. The fourth-order valence-corrected chi connectivity index (χ4v) is 7.55. The van der Waals surface area contributed by atoms with Crippen molar-refractivity contribution in [3.8, 4) is 29.2 Å². The van der Waals surface area contributed by atoms with E-state index >= 15 is 0 Å². The fourth-order valence-electron chi connectivity index (χ4n) is 7.42. The molecule has 115 heavy (non-hydrogen) atoms. The topological polar surface area (TPSA) is 625 Å². The zero-order valence-electron chi connectivity index (χ0n) is 66.7. The van der Waals surface area contributed by atoms with Crippen LogP contribution in [0.1, 0.15) is 161 Å². The van der Waals surface area contributed by atoms with Gasteiger partial charge in [0.05, 0.1) is 92.2 Å². The number of carbonyl (C=O) groups excluding carboxylic acids is 7. The van der Waals surface area contributed by atoms with Gasteiger partial charge in [0.1, 0.15) is 58.1 Å². The zero-order valence-corrected chi connectivity index (χ0v) is 72.6. The summed E-state index contributed by atoms with van der Waals surface area (Å²) in [6.07, 6.45) is 14.7. The molecule has 11 aromatic heterocycles. The van der Waals surface area contributed by atoms with Crippen LogP contribution >= 0.6 is 11.6 Å². The first-order chi connectivity index (χ1) is 54.0. The Morgan fingerprint density at radius 3 is 1.36 bits per heavy atom. The number of amides is 1. The number of rotatable bonds is 14. The second-order valence-electron chi connectivity index (χ2n) is 21.4. The first-order valence-electron chi connectivity index (χ1n) is 32.9. The molecule has 0 bridgehead atoms. The van der Waals surface area contributed by atoms with E-state index in [0.717, 1.165) is 34.9 Å². The fraction of sp³-hybridized carbons (Fsp3) is 0.300. The van der Waals surface area contributed by atoms with Crippen molar-refractivity contribution in [2.75, 3.05) is 37.5 Å². The van der Waals surface area contributed by atoms with Gasteiger partial charge >= 0.3 is 65.4 Å². The Bertz CT molecular complexity index is 4850. The number of pyridine rings is 2. The molecule has 0 aliphatic rings. The third-order valence-electron chi connectivity index (χ3n) is 12.6. The maximum atomic E-state index is 12.4. The van der Waals surface area contributed by atoms with Gasteiger partial charge in [0.2, 0.25) is 11.8 Å². The molecule has 0 saturated carbocycles. The average Bonchev–Trinajstić information content (AvgIpc) is 1.46. The number of aryl methyl sites for hydroxylation is 11. The van der Waals surface area contributed by atoms with Crippen molar-refractivity contribution in [3.05, 3.63) is 195 Å². The second-order valence-corrected chi connectivity index (χ2v) is 21.8. The Morgan fingerprint density at radius 2 is 1.03 bits per heavy atom. The predicted molar refractivity (Wildman–Crippen MR) is 397 cm³/mol. The standard InChI is InChI=1S/C17H18N6O2.C10H10N4O3.C8H10ClN3O2.C7H10N2.C7H9NO3.C5H5NO3.C4H5NO3.2C4H5NO.C4H6O3.BH.Na.U/c1-9-5-4-6-19-12(9)8-20-16(24)14-15(18)23-13(11(3)22-14)17-21-7-10(2)25-17;1-4-3-12-9(17-4)6-5(2)13-7(10(15)16)8(11)14-6;1-3-14-8(13)5-7(10)12-6(9)4(2)11-5;1-6-3-2-4-9-7(6)5-8;1-3-10-7(9)6-5(2)11-4-8-6;1-3-4(5(7)8)6-2-9-3;1-7-8-4(6)2-3-5;2*1-4-2-5-3-6-4;1-3(5)7-4(2)6;;;/h4-7H,8H2,1-3H3,(H2,18,23)(H,20,24);3H,1-2H3,(H2,11,14)(H,15,16);3H2,1-2H3,(H2,10,12);2-4H,5,8H2,1H3;4H,3H2,1-2H3;2H,1H3,(H,7,8);2H2,1H3;2*2-3H,1H3;1-2H3;1H;;/q;;;;;;;;;;;+1;/p-1/i;;;;;;;;;;1D;;. The van der Waals surface area contributed by atoms with Gasteiger partial charge in [0.25, 0.3) is 5.91 Å². The molecule has 0 unspecified atom stereocenters. The summed E-state index contributed by atoms with van der Waals surface area (Å²) in [5.74, 6) is -1.54. The number of carboxylic acids is 2. The van der Waals surface area contributed by atoms with Crippen molar-refractivity contribution in [3.63, 3.8) is 0 Å². The number of carbonyl (C=O) groups is 8. The number of aromatic nitrogens is 14. The van der Waals surface area contributed by atoms with Gasteiger partial charge in [-0.25, -0.2) is 79.0 Å². The van der Waals surface area contributed by atoms with Crippen LogP contribution < -0.4 is 62.9 Å². The molecule has 0 spiro atoms. The Kier molecular flexibility index (Phi) is 50.4. The van der Waals surface area contributed by atoms with Crippen LogP contribution in [0.5, 0.6) is 0 Å². The molecular formula is C70H83BClN20NaO21U. The van der Waals surface area contributed by atoms with Gasteiger partial charge in [-0.1, -0.05) is 23.7 Å². The van der Waals surface area contributed by atoms with E-state index in [0.29, 0.717) is 64.8 Å². The predicted octanol–water partition coefficient (Wildman–Crippen LogP) is 3.97. The van der Waals surface area contributed by atoms with E-state index in [1.54, 1.807) is 92.4 Å². The van der Waals surface area contributed by atoms with Crippen molar-refractivity contribution < 1.29 is 160 Å². The normalized spacial score (nSPS) is 9.45. The summed E-state index contributed by atoms with van der Waals surface area (Å²) in [7, 11) is 4.95. The number of carboxylic acid groups (broad SMARTS) is 2. The number of nitriles is 1. The number of nitrogens with zero attached hydrogens (tertiary/aromatic N) is 15. The van der Waals surface area contributed by atoms with E-state index in [2.05, 4.69) is 102 Å². The Balaban J connectivity index is 0. The summed E-state index contributed by atoms with van der Waals surface area (Å²) < 4.78 is 48.3. The van der Waals surface area contributed by atoms with Crippen molar-refractivity contribution in [1.29, 1.82) is 6.60 Å². The SMILES string of the molecule is CC(=O)OC(C)=O.CCOC(=O)c1nc(C)c(Cl)nc1N.CCOC(=O)c1ncoc1C.COOC(=O)CC#N.Cc1cccnc1CN.Cc1cnc(-c2nc(N)c(C(=O)NCc3ncccc3C)nc2C)o1.Cc1cnc(-c2nc(N)c(C(=O)O)nc2C)o1.Cc1cnco1.Cc1cnco1.Cc1ocnc1C(=O)[O-].[2H][B].[Na+].[U]. The van der Waals surface area contributed by atoms with Crippen molar-refractivity contribution in [1.82, 2.24) is 75.1 Å². The summed E-state index contributed by atoms with van der Waals surface area (Å²) in [5.41, 5.74) is 28.3. The van der Waals surface area contributed by atoms with Crippen LogP contribution in [-0.4, -0.2) is 153 Å². The van der Waals surface area contributed by atoms with E-state index < -0.39 is 47.7 Å². The molecular weight excluding hydrogens is 1760 g/mol. The molecule has 45 heteroatoms. The summed E-state index contributed by atoms with van der Waals surface area (Å²) in [4.78, 5) is 148. The number of esters is 4. The van der Waals surface area contributed by atoms with Crippen molar-refractivity contribution >= 4 is 85.1 Å². The molecule has 1 amide bonds. The van der Waals surface area contributed by atoms with Crippen LogP contribution in [0.15, 0.2) is 114 Å². The minimum atomic E-state index is -1.30. The van der Waals surface area contributed by atoms with Crippen LogP contribution in [0.2, 0.25) is 5.15 Å². The third kappa shape index (κ3) is 39.3. The smallest absolute Gasteiger partial charge is 0.543 e. The van der Waals surface area contributed by atoms with Crippen LogP contribution in [-0.2, 0) is 51.5 Å². The Hall–Kier alpha value is -12.0. The molecule has 41 nitrogen and oxygen atoms in total. The zero-order chi connectivity index (χ0) is 86.2. The maximum Gasteiger partial charge on any atom is 1.00 e. The first kappa shape index (κ1) is 103. The largest absolute Gasteiger partial charge is 1.00 e. The number of hydrogen-bond donors (Lipinski definition) is 6. The third-order valence-corrected chi connectivity index (χ3v) is 12.9. The van der Waals surface area contributed by atoms with Crippen LogP contribution in [0, 0.1) is 119 Å². The molecule has 11 aromatic rings. The number of oxazole rings is 6.